The highest BCUT2D eigenvalue weighted by atomic mass is 19.2. The van der Waals surface area contributed by atoms with Crippen LogP contribution >= 0.6 is 0 Å². The van der Waals surface area contributed by atoms with Crippen LogP contribution in [0.5, 0.6) is 0 Å². The molecule has 3 rings (SSSR count). The summed E-state index contributed by atoms with van der Waals surface area (Å²) in [6.45, 7) is 1.71. The SMILES string of the molecule is CO[C@H]1C[C@@H](OC(=O)c2c(F)c(F)nn2[C@H](C)c2ccccc2)C1. The first-order chi connectivity index (χ1) is 11.5. The van der Waals surface area contributed by atoms with E-state index in [1.54, 1.807) is 38.3 Å². The molecule has 0 unspecified atom stereocenters. The van der Waals surface area contributed by atoms with Gasteiger partial charge in [-0.3, -0.25) is 0 Å². The van der Waals surface area contributed by atoms with Crippen molar-refractivity contribution in [3.8, 4) is 0 Å². The molecular weight excluding hydrogens is 318 g/mol. The molecule has 1 saturated carbocycles. The van der Waals surface area contributed by atoms with Crippen LogP contribution in [-0.2, 0) is 9.47 Å². The minimum absolute atomic E-state index is 0.0394. The second kappa shape index (κ2) is 6.68. The molecule has 1 heterocycles. The Morgan fingerprint density at radius 2 is 1.92 bits per heavy atom. The summed E-state index contributed by atoms with van der Waals surface area (Å²) in [5.41, 5.74) is 0.280. The van der Waals surface area contributed by atoms with Crippen LogP contribution in [0.15, 0.2) is 30.3 Å². The lowest BCUT2D eigenvalue weighted by molar-refractivity contribution is -0.0648. The smallest absolute Gasteiger partial charge is 0.360 e. The van der Waals surface area contributed by atoms with Crippen molar-refractivity contribution < 1.29 is 23.0 Å². The third kappa shape index (κ3) is 3.03. The van der Waals surface area contributed by atoms with Crippen molar-refractivity contribution in [2.75, 3.05) is 7.11 Å². The van der Waals surface area contributed by atoms with Gasteiger partial charge in [0, 0.05) is 20.0 Å². The van der Waals surface area contributed by atoms with E-state index in [0.717, 1.165) is 10.2 Å². The van der Waals surface area contributed by atoms with Crippen molar-refractivity contribution in [3.63, 3.8) is 0 Å². The molecule has 1 atom stereocenters. The minimum atomic E-state index is -1.31. The van der Waals surface area contributed by atoms with Crippen molar-refractivity contribution in [3.05, 3.63) is 53.4 Å². The van der Waals surface area contributed by atoms with Crippen LogP contribution < -0.4 is 0 Å². The second-order valence-electron chi connectivity index (χ2n) is 5.84. The number of halogens is 2. The zero-order chi connectivity index (χ0) is 17.3. The summed E-state index contributed by atoms with van der Waals surface area (Å²) in [7, 11) is 1.58. The Balaban J connectivity index is 1.84. The van der Waals surface area contributed by atoms with E-state index in [0.29, 0.717) is 12.8 Å². The first kappa shape index (κ1) is 16.6. The van der Waals surface area contributed by atoms with Crippen molar-refractivity contribution in [2.24, 2.45) is 0 Å². The number of carbonyl (C=O) groups is 1. The molecule has 5 nitrogen and oxygen atoms in total. The number of ether oxygens (including phenoxy) is 2. The number of benzene rings is 1. The summed E-state index contributed by atoms with van der Waals surface area (Å²) in [6, 6.07) is 8.52. The molecule has 1 aliphatic carbocycles. The molecule has 0 bridgehead atoms. The third-order valence-electron chi connectivity index (χ3n) is 4.31. The number of nitrogens with zero attached hydrogens (tertiary/aromatic N) is 2. The number of methoxy groups -OCH3 is 1. The van der Waals surface area contributed by atoms with E-state index in [1.165, 1.54) is 0 Å². The lowest BCUT2D eigenvalue weighted by Crippen LogP contribution is -2.38. The van der Waals surface area contributed by atoms with Gasteiger partial charge < -0.3 is 9.47 Å². The van der Waals surface area contributed by atoms with Crippen LogP contribution in [0.4, 0.5) is 8.78 Å². The summed E-state index contributed by atoms with van der Waals surface area (Å²) in [4.78, 5) is 12.3. The fourth-order valence-corrected chi connectivity index (χ4v) is 2.74. The number of aromatic nitrogens is 2. The predicted octanol–water partition coefficient (Wildman–Crippen LogP) is 3.10. The first-order valence-electron chi connectivity index (χ1n) is 7.73. The predicted molar refractivity (Wildman–Crippen MR) is 81.6 cm³/mol. The lowest BCUT2D eigenvalue weighted by atomic mass is 9.92. The van der Waals surface area contributed by atoms with Gasteiger partial charge in [0.25, 0.3) is 5.95 Å². The van der Waals surface area contributed by atoms with E-state index in [-0.39, 0.29) is 12.2 Å². The zero-order valence-corrected chi connectivity index (χ0v) is 13.4. The molecule has 1 fully saturated rings. The summed E-state index contributed by atoms with van der Waals surface area (Å²) in [5.74, 6) is -3.51. The molecule has 128 valence electrons. The molecule has 24 heavy (non-hydrogen) atoms. The fraction of sp³-hybridized carbons (Fsp3) is 0.412. The Kier molecular flexibility index (Phi) is 4.62. The molecular formula is C17H18F2N2O3. The fourth-order valence-electron chi connectivity index (χ4n) is 2.74. The lowest BCUT2D eigenvalue weighted by Gasteiger charge is -2.33. The maximum Gasteiger partial charge on any atom is 0.360 e. The zero-order valence-electron chi connectivity index (χ0n) is 13.4. The van der Waals surface area contributed by atoms with Gasteiger partial charge in [-0.05, 0) is 12.5 Å². The van der Waals surface area contributed by atoms with Crippen molar-refractivity contribution >= 4 is 5.97 Å². The van der Waals surface area contributed by atoms with Gasteiger partial charge in [0.1, 0.15) is 6.10 Å². The van der Waals surface area contributed by atoms with Crippen molar-refractivity contribution in [1.82, 2.24) is 9.78 Å². The van der Waals surface area contributed by atoms with Crippen LogP contribution in [0.2, 0.25) is 0 Å². The van der Waals surface area contributed by atoms with Gasteiger partial charge in [-0.1, -0.05) is 30.3 Å². The van der Waals surface area contributed by atoms with Gasteiger partial charge in [-0.2, -0.15) is 8.78 Å². The first-order valence-corrected chi connectivity index (χ1v) is 7.73. The van der Waals surface area contributed by atoms with E-state index in [4.69, 9.17) is 9.47 Å². The number of esters is 1. The van der Waals surface area contributed by atoms with Gasteiger partial charge in [-0.15, -0.1) is 5.10 Å². The normalized spacial score (nSPS) is 21.2. The standard InChI is InChI=1S/C17H18F2N2O3/c1-10(11-6-4-3-5-7-11)21-15(14(18)16(19)20-21)17(22)24-13-8-12(9-13)23-2/h3-7,10,12-13H,8-9H2,1-2H3/t10-,12-,13+/m1/s1. The molecule has 1 aliphatic rings. The van der Waals surface area contributed by atoms with E-state index in [9.17, 15) is 13.6 Å². The summed E-state index contributed by atoms with van der Waals surface area (Å²) < 4.78 is 39.1. The Bertz CT molecular complexity index is 727. The average molecular weight is 336 g/mol. The monoisotopic (exact) mass is 336 g/mol. The molecule has 1 aromatic heterocycles. The molecule has 0 N–H and O–H groups in total. The summed E-state index contributed by atoms with van der Waals surface area (Å²) >= 11 is 0. The van der Waals surface area contributed by atoms with Gasteiger partial charge in [0.15, 0.2) is 5.69 Å². The Hall–Kier alpha value is -2.28. The average Bonchev–Trinajstić information content (AvgIpc) is 2.86. The number of rotatable bonds is 5. The van der Waals surface area contributed by atoms with Gasteiger partial charge in [0.2, 0.25) is 5.82 Å². The maximum absolute atomic E-state index is 14.1. The molecule has 7 heteroatoms. The molecule has 0 amide bonds. The van der Waals surface area contributed by atoms with Gasteiger partial charge >= 0.3 is 5.97 Å². The second-order valence-corrected chi connectivity index (χ2v) is 5.84. The summed E-state index contributed by atoms with van der Waals surface area (Å²) in [6.07, 6.45) is 0.793. The molecule has 2 aromatic rings. The van der Waals surface area contributed by atoms with Crippen LogP contribution in [0.3, 0.4) is 0 Å². The van der Waals surface area contributed by atoms with Crippen LogP contribution in [0.1, 0.15) is 41.9 Å². The molecule has 0 radical (unpaired) electrons. The third-order valence-corrected chi connectivity index (χ3v) is 4.31. The van der Waals surface area contributed by atoms with Crippen LogP contribution in [0.25, 0.3) is 0 Å². The minimum Gasteiger partial charge on any atom is -0.457 e. The quantitative estimate of drug-likeness (QED) is 0.787. The summed E-state index contributed by atoms with van der Waals surface area (Å²) in [5, 5.41) is 3.54. The Morgan fingerprint density at radius 1 is 1.25 bits per heavy atom. The van der Waals surface area contributed by atoms with E-state index in [2.05, 4.69) is 5.10 Å². The number of carbonyl (C=O) groups excluding carboxylic acids is 1. The van der Waals surface area contributed by atoms with E-state index < -0.39 is 29.5 Å². The molecule has 0 spiro atoms. The molecule has 0 aliphatic heterocycles. The van der Waals surface area contributed by atoms with Crippen molar-refractivity contribution in [1.29, 1.82) is 0 Å². The maximum atomic E-state index is 14.1. The van der Waals surface area contributed by atoms with E-state index in [1.807, 2.05) is 6.07 Å². The van der Waals surface area contributed by atoms with Crippen LogP contribution in [-0.4, -0.2) is 35.1 Å². The highest BCUT2D eigenvalue weighted by Gasteiger charge is 2.35. The van der Waals surface area contributed by atoms with Gasteiger partial charge in [0.05, 0.1) is 12.1 Å². The highest BCUT2D eigenvalue weighted by Crippen LogP contribution is 2.28. The van der Waals surface area contributed by atoms with Crippen molar-refractivity contribution in [2.45, 2.75) is 38.0 Å². The number of hydrogen-bond acceptors (Lipinski definition) is 4. The largest absolute Gasteiger partial charge is 0.457 e. The molecule has 0 saturated heterocycles. The topological polar surface area (TPSA) is 53.4 Å². The number of hydrogen-bond donors (Lipinski definition) is 0. The molecule has 1 aromatic carbocycles. The van der Waals surface area contributed by atoms with Crippen LogP contribution in [0, 0.1) is 11.8 Å². The van der Waals surface area contributed by atoms with Gasteiger partial charge in [-0.25, -0.2) is 9.48 Å². The Morgan fingerprint density at radius 3 is 2.54 bits per heavy atom. The Labute approximate surface area is 138 Å². The highest BCUT2D eigenvalue weighted by molar-refractivity contribution is 5.88. The van der Waals surface area contributed by atoms with E-state index >= 15 is 0 Å².